The molecule has 0 spiro atoms. The average Bonchev–Trinajstić information content (AvgIpc) is 1.31. The molecule has 2 fully saturated rings. The number of ether oxygens (including phenoxy) is 5. The summed E-state index contributed by atoms with van der Waals surface area (Å²) in [6, 6.07) is 51.2. The zero-order valence-corrected chi connectivity index (χ0v) is 81.2. The molecular weight excluding hydrogens is 1890 g/mol. The van der Waals surface area contributed by atoms with Gasteiger partial charge in [-0.1, -0.05) is 85.9 Å². The normalized spacial score (nSPS) is 13.3. The van der Waals surface area contributed by atoms with Crippen molar-refractivity contribution in [2.45, 2.75) is 175 Å². The monoisotopic (exact) mass is 1990 g/mol. The fourth-order valence-electron chi connectivity index (χ4n) is 12.8. The van der Waals surface area contributed by atoms with Crippen LogP contribution in [0.25, 0.3) is 76.8 Å². The number of methoxy groups -OCH3 is 2. The van der Waals surface area contributed by atoms with Gasteiger partial charge in [0.2, 0.25) is 21.8 Å². The van der Waals surface area contributed by atoms with Crippen molar-refractivity contribution in [3.8, 4) is 33.9 Å². The standard InChI is InChI=1S/C22H23NO3S.C21H22N2O3S.C17H18BrNO3S2.C17H20BrNO2S.C15H15BrN2O3S2/c1-5-26-21(24)22(2,3)27-20-11-12-23-19-10-9-16(14-18(19)20)15-7-6-8-17(13-15)25-4;1-5-26-20(24)21(2,3)27-18-9-11-22-17-7-6-14(12-16(17)18)15-8-10-23-19(13-15)25-4;1-17(2,16(20)10-24(21,22)12-4-5-12)23-15-7-8-19-14-6-3-11(18)9-13(14)15;1-4-17(5-2,16(20)21-6-3)22-15-9-10-19-14-8-7-12(18)11-13(14)15;1-23(20,21)18-14(19)15(6-2-7-15)22-13-5-8-17-12-4-3-10(16)9-11(12)13/h6-14H,5H2,1-4H3;6-13H,5H2,1-4H3;3,6-9,12H,4-5,10H2,1-2H3;7-11H,4-6H2,1-3H3;3-5,8-9H,2,6-7H2,1H3,(H,18,19). The van der Waals surface area contributed by atoms with Crippen LogP contribution in [0.5, 0.6) is 11.6 Å². The highest BCUT2D eigenvalue weighted by atomic mass is 79.9. The number of sulfonamides is 1. The first kappa shape index (κ1) is 97.0. The molecule has 0 atom stereocenters. The minimum Gasteiger partial charge on any atom is -0.497 e. The molecule has 0 bridgehead atoms. The molecule has 6 aromatic heterocycles. The molecule has 0 saturated heterocycles. The van der Waals surface area contributed by atoms with E-state index >= 15 is 0 Å². The van der Waals surface area contributed by atoms with Gasteiger partial charge >= 0.3 is 17.9 Å². The van der Waals surface area contributed by atoms with E-state index in [9.17, 15) is 40.8 Å². The predicted octanol–water partition coefficient (Wildman–Crippen LogP) is 22.4. The maximum Gasteiger partial charge on any atom is 0.322 e. The molecule has 648 valence electrons. The highest BCUT2D eigenvalue weighted by molar-refractivity contribution is 9.11. The molecule has 1 N–H and O–H groups in total. The highest BCUT2D eigenvalue weighted by Gasteiger charge is 2.47. The van der Waals surface area contributed by atoms with Gasteiger partial charge in [0.05, 0.1) is 77.9 Å². The summed E-state index contributed by atoms with van der Waals surface area (Å²) in [7, 11) is -3.59. The van der Waals surface area contributed by atoms with Crippen LogP contribution in [0.4, 0.5) is 0 Å². The number of amides is 1. The largest absolute Gasteiger partial charge is 0.497 e. The summed E-state index contributed by atoms with van der Waals surface area (Å²) in [5.74, 6) is -0.252. The van der Waals surface area contributed by atoms with E-state index in [1.807, 2.05) is 196 Å². The molecule has 1 amide bonds. The molecule has 12 aromatic rings. The van der Waals surface area contributed by atoms with Crippen molar-refractivity contribution in [2.24, 2.45) is 0 Å². The van der Waals surface area contributed by atoms with Crippen molar-refractivity contribution >= 4 is 211 Å². The minimum absolute atomic E-state index is 0.134. The third-order valence-electron chi connectivity index (χ3n) is 20.0. The number of thioether (sulfide) groups is 5. The molecular formula is C92H98Br3N7O14S7. The summed E-state index contributed by atoms with van der Waals surface area (Å²) in [5, 5.41) is 4.65. The number of carbonyl (C=O) groups is 5. The van der Waals surface area contributed by atoms with Crippen LogP contribution in [0.2, 0.25) is 0 Å². The molecule has 123 heavy (non-hydrogen) atoms. The lowest BCUT2D eigenvalue weighted by molar-refractivity contribution is -0.146. The molecule has 31 heteroatoms. The third kappa shape index (κ3) is 25.6. The Hall–Kier alpha value is -8.24. The maximum atomic E-state index is 12.6. The number of nitrogens with zero attached hydrogens (tertiary/aromatic N) is 6. The van der Waals surface area contributed by atoms with Crippen LogP contribution in [0.1, 0.15) is 121 Å². The van der Waals surface area contributed by atoms with Gasteiger partial charge in [0, 0.05) is 108 Å². The van der Waals surface area contributed by atoms with Crippen LogP contribution in [-0.2, 0) is 58.0 Å². The van der Waals surface area contributed by atoms with Gasteiger partial charge in [-0.15, -0.1) is 58.8 Å². The van der Waals surface area contributed by atoms with Gasteiger partial charge in [-0.3, -0.25) is 53.6 Å². The topological polar surface area (TPSA) is 289 Å². The Morgan fingerprint density at radius 2 is 0.829 bits per heavy atom. The van der Waals surface area contributed by atoms with Crippen LogP contribution in [0, 0.1) is 0 Å². The smallest absolute Gasteiger partial charge is 0.322 e. The van der Waals surface area contributed by atoms with Gasteiger partial charge in [0.25, 0.3) is 0 Å². The molecule has 2 aliphatic rings. The summed E-state index contributed by atoms with van der Waals surface area (Å²) in [6.07, 6.45) is 16.5. The summed E-state index contributed by atoms with van der Waals surface area (Å²) in [5.41, 5.74) is 8.58. The lowest BCUT2D eigenvalue weighted by Crippen LogP contribution is -2.50. The maximum absolute atomic E-state index is 12.6. The second kappa shape index (κ2) is 42.8. The molecule has 0 aliphatic heterocycles. The Balaban J connectivity index is 0.000000161. The lowest BCUT2D eigenvalue weighted by Gasteiger charge is -2.39. The molecule has 14 rings (SSSR count). The van der Waals surface area contributed by atoms with E-state index in [-0.39, 0.29) is 34.7 Å². The average molecular weight is 1990 g/mol. The quantitative estimate of drug-likeness (QED) is 0.0271. The number of Topliss-reactive ketones (excluding diaryl/α,β-unsaturated/α-hetero) is 1. The van der Waals surface area contributed by atoms with Crippen molar-refractivity contribution in [1.29, 1.82) is 0 Å². The second-order valence-corrected chi connectivity index (χ2v) is 44.8. The van der Waals surface area contributed by atoms with Gasteiger partial charge in [-0.25, -0.2) is 21.8 Å². The van der Waals surface area contributed by atoms with E-state index in [0.29, 0.717) is 51.4 Å². The third-order valence-corrected chi connectivity index (χ3v) is 31.3. The molecule has 2 aliphatic carbocycles. The number of pyridine rings is 6. The number of hydrogen-bond donors (Lipinski definition) is 1. The second-order valence-electron chi connectivity index (χ2n) is 30.2. The number of benzene rings is 6. The van der Waals surface area contributed by atoms with Gasteiger partial charge in [0.15, 0.2) is 15.6 Å². The molecule has 2 saturated carbocycles. The van der Waals surface area contributed by atoms with Gasteiger partial charge < -0.3 is 23.7 Å². The zero-order valence-electron chi connectivity index (χ0n) is 70.7. The number of hydrogen-bond acceptors (Lipinski definition) is 25. The number of fused-ring (bicyclic) bond motifs is 5. The lowest BCUT2D eigenvalue weighted by atomic mass is 9.84. The Morgan fingerprint density at radius 3 is 1.23 bits per heavy atom. The van der Waals surface area contributed by atoms with E-state index in [0.717, 1.165) is 146 Å². The SMILES string of the molecule is CC(C)(Sc1ccnc2ccc(Br)cc12)C(=O)CS(=O)(=O)C1CC1.CCOC(=O)C(C)(C)Sc1ccnc2ccc(-c3cccc(OC)c3)cc12.CCOC(=O)C(C)(C)Sc1ccnc2ccc(-c3ccnc(OC)c3)cc12.CCOC(=O)C(CC)(CC)Sc1ccnc2ccc(Br)cc12.CS(=O)(=O)NC(=O)C1(Sc2ccnc3ccc(Br)cc23)CCC1. The first-order valence-corrected chi connectivity index (χ1v) is 49.8. The molecule has 0 unspecified atom stereocenters. The van der Waals surface area contributed by atoms with Crippen molar-refractivity contribution in [3.05, 3.63) is 208 Å². The van der Waals surface area contributed by atoms with Crippen LogP contribution in [0.15, 0.2) is 233 Å². The van der Waals surface area contributed by atoms with Crippen molar-refractivity contribution < 1.29 is 64.5 Å². The predicted molar refractivity (Wildman–Crippen MR) is 510 cm³/mol. The zero-order chi connectivity index (χ0) is 89.2. The number of ketones is 1. The van der Waals surface area contributed by atoms with E-state index < -0.39 is 49.5 Å². The van der Waals surface area contributed by atoms with Crippen LogP contribution in [0.3, 0.4) is 0 Å². The number of sulfone groups is 1. The first-order valence-electron chi connectivity index (χ1n) is 39.7. The molecule has 0 radical (unpaired) electrons. The Kier molecular flexibility index (Phi) is 33.8. The number of nitrogens with one attached hydrogen (secondary N) is 1. The first-order chi connectivity index (χ1) is 58.4. The number of halogens is 3. The van der Waals surface area contributed by atoms with Gasteiger partial charge in [0.1, 0.15) is 30.5 Å². The Bertz CT molecular complexity index is 5940. The fourth-order valence-corrected chi connectivity index (χ4v) is 22.5. The molecule has 6 aromatic carbocycles. The fraction of sp³-hybridized carbons (Fsp3) is 0.337. The van der Waals surface area contributed by atoms with Gasteiger partial charge in [-0.2, -0.15) is 0 Å². The van der Waals surface area contributed by atoms with E-state index in [1.54, 1.807) is 77.0 Å². The Morgan fingerprint density at radius 1 is 0.447 bits per heavy atom. The Labute approximate surface area is 765 Å². The van der Waals surface area contributed by atoms with Crippen LogP contribution >= 0.6 is 107 Å². The van der Waals surface area contributed by atoms with E-state index in [1.165, 1.54) is 47.0 Å². The number of esters is 3. The van der Waals surface area contributed by atoms with E-state index in [2.05, 4.69) is 107 Å². The number of carbonyl (C=O) groups excluding carboxylic acids is 5. The van der Waals surface area contributed by atoms with E-state index in [4.69, 9.17) is 23.7 Å². The van der Waals surface area contributed by atoms with Gasteiger partial charge in [-0.05, 0) is 257 Å². The van der Waals surface area contributed by atoms with Crippen LogP contribution in [-0.4, -0.2) is 151 Å². The van der Waals surface area contributed by atoms with Crippen molar-refractivity contribution in [1.82, 2.24) is 34.6 Å². The number of aromatic nitrogens is 6. The molecule has 6 heterocycles. The number of rotatable bonds is 28. The summed E-state index contributed by atoms with van der Waals surface area (Å²) < 4.78 is 74.8. The van der Waals surface area contributed by atoms with Crippen molar-refractivity contribution in [3.63, 3.8) is 0 Å². The summed E-state index contributed by atoms with van der Waals surface area (Å²) in [4.78, 5) is 93.1. The van der Waals surface area contributed by atoms with Crippen molar-refractivity contribution in [2.75, 3.05) is 46.0 Å². The summed E-state index contributed by atoms with van der Waals surface area (Å²) >= 11 is 17.8. The van der Waals surface area contributed by atoms with Crippen LogP contribution < -0.4 is 14.2 Å². The summed E-state index contributed by atoms with van der Waals surface area (Å²) in [6.45, 7) is 21.8. The highest BCUT2D eigenvalue weighted by Crippen LogP contribution is 2.51. The minimum atomic E-state index is -3.56. The molecule has 21 nitrogen and oxygen atoms in total.